The van der Waals surface area contributed by atoms with Gasteiger partial charge in [-0.15, -0.1) is 16.7 Å². The van der Waals surface area contributed by atoms with Gasteiger partial charge in [-0.1, -0.05) is 26.0 Å². The molecule has 1 rings (SSSR count). The van der Waals surface area contributed by atoms with Crippen LogP contribution in [0.3, 0.4) is 0 Å². The smallest absolute Gasteiger partial charge is 0.151 e. The fourth-order valence-corrected chi connectivity index (χ4v) is 1.95. The third kappa shape index (κ3) is 3.45. The zero-order valence-electron chi connectivity index (χ0n) is 9.59. The Kier molecular flexibility index (Phi) is 4.18. The van der Waals surface area contributed by atoms with Gasteiger partial charge in [0.2, 0.25) is 0 Å². The molecule has 0 aliphatic heterocycles. The molecule has 0 N–H and O–H groups in total. The fourth-order valence-electron chi connectivity index (χ4n) is 1.31. The SMILES string of the molecule is Cn1nnc(Br)c1CCC(Cl)C(C)(C)C. The van der Waals surface area contributed by atoms with Crippen molar-refractivity contribution in [1.82, 2.24) is 15.0 Å². The molecule has 0 amide bonds. The standard InChI is InChI=1S/C10H17BrClN3/c1-10(2,3)8(12)6-5-7-9(11)13-14-15(7)4/h8H,5-6H2,1-4H3. The molecule has 0 saturated carbocycles. The van der Waals surface area contributed by atoms with Crippen molar-refractivity contribution in [2.45, 2.75) is 39.0 Å². The molecular formula is C10H17BrClN3. The van der Waals surface area contributed by atoms with E-state index in [1.54, 1.807) is 4.68 Å². The minimum atomic E-state index is 0.139. The van der Waals surface area contributed by atoms with Gasteiger partial charge in [0.1, 0.15) is 0 Å². The van der Waals surface area contributed by atoms with Crippen molar-refractivity contribution in [2.24, 2.45) is 12.5 Å². The van der Waals surface area contributed by atoms with Crippen LogP contribution in [-0.4, -0.2) is 20.4 Å². The van der Waals surface area contributed by atoms with Gasteiger partial charge in [-0.2, -0.15) is 0 Å². The summed E-state index contributed by atoms with van der Waals surface area (Å²) >= 11 is 9.69. The molecule has 0 radical (unpaired) electrons. The molecule has 5 heteroatoms. The molecule has 0 saturated heterocycles. The lowest BCUT2D eigenvalue weighted by molar-refractivity contribution is 0.372. The Labute approximate surface area is 104 Å². The third-order valence-electron chi connectivity index (χ3n) is 2.47. The first-order chi connectivity index (χ1) is 6.82. The van der Waals surface area contributed by atoms with Gasteiger partial charge in [0.15, 0.2) is 4.60 Å². The summed E-state index contributed by atoms with van der Waals surface area (Å²) in [4.78, 5) is 0. The van der Waals surface area contributed by atoms with Gasteiger partial charge >= 0.3 is 0 Å². The van der Waals surface area contributed by atoms with Gasteiger partial charge in [0, 0.05) is 12.4 Å². The van der Waals surface area contributed by atoms with Crippen molar-refractivity contribution in [2.75, 3.05) is 0 Å². The number of aromatic nitrogens is 3. The summed E-state index contributed by atoms with van der Waals surface area (Å²) in [5.74, 6) is 0. The van der Waals surface area contributed by atoms with Crippen molar-refractivity contribution in [1.29, 1.82) is 0 Å². The number of hydrogen-bond acceptors (Lipinski definition) is 2. The molecule has 1 atom stereocenters. The Hall–Kier alpha value is -0.0900. The van der Waals surface area contributed by atoms with E-state index in [1.807, 2.05) is 7.05 Å². The van der Waals surface area contributed by atoms with Gasteiger partial charge in [0.25, 0.3) is 0 Å². The molecule has 0 fully saturated rings. The van der Waals surface area contributed by atoms with E-state index in [1.165, 1.54) is 0 Å². The molecule has 1 aromatic rings. The quantitative estimate of drug-likeness (QED) is 0.802. The van der Waals surface area contributed by atoms with Gasteiger partial charge < -0.3 is 0 Å². The number of alkyl halides is 1. The number of halogens is 2. The van der Waals surface area contributed by atoms with E-state index in [4.69, 9.17) is 11.6 Å². The van der Waals surface area contributed by atoms with Crippen LogP contribution in [0.15, 0.2) is 4.60 Å². The summed E-state index contributed by atoms with van der Waals surface area (Å²) in [5.41, 5.74) is 1.24. The minimum absolute atomic E-state index is 0.139. The first-order valence-electron chi connectivity index (χ1n) is 5.00. The largest absolute Gasteiger partial charge is 0.251 e. The van der Waals surface area contributed by atoms with Crippen LogP contribution in [0.2, 0.25) is 0 Å². The van der Waals surface area contributed by atoms with E-state index in [0.29, 0.717) is 0 Å². The Balaban J connectivity index is 2.58. The highest BCUT2D eigenvalue weighted by molar-refractivity contribution is 9.10. The van der Waals surface area contributed by atoms with E-state index in [9.17, 15) is 0 Å². The minimum Gasteiger partial charge on any atom is -0.251 e. The first-order valence-corrected chi connectivity index (χ1v) is 6.23. The van der Waals surface area contributed by atoms with Gasteiger partial charge in [-0.05, 0) is 34.2 Å². The lowest BCUT2D eigenvalue weighted by Gasteiger charge is -2.24. The van der Waals surface area contributed by atoms with Crippen molar-refractivity contribution in [3.63, 3.8) is 0 Å². The summed E-state index contributed by atoms with van der Waals surface area (Å²) < 4.78 is 2.61. The highest BCUT2D eigenvalue weighted by Crippen LogP contribution is 2.28. The maximum atomic E-state index is 6.31. The van der Waals surface area contributed by atoms with Gasteiger partial charge in [0.05, 0.1) is 5.69 Å². The van der Waals surface area contributed by atoms with Crippen LogP contribution in [0.1, 0.15) is 32.9 Å². The first kappa shape index (κ1) is 13.0. The Morgan fingerprint density at radius 1 is 1.47 bits per heavy atom. The van der Waals surface area contributed by atoms with E-state index in [-0.39, 0.29) is 10.8 Å². The maximum absolute atomic E-state index is 6.31. The van der Waals surface area contributed by atoms with Gasteiger partial charge in [-0.25, -0.2) is 0 Å². The van der Waals surface area contributed by atoms with Crippen molar-refractivity contribution >= 4 is 27.5 Å². The number of aryl methyl sites for hydroxylation is 1. The predicted molar refractivity (Wildman–Crippen MR) is 66.1 cm³/mol. The lowest BCUT2D eigenvalue weighted by Crippen LogP contribution is -2.21. The predicted octanol–water partition coefficient (Wildman–Crippen LogP) is 3.16. The van der Waals surface area contributed by atoms with E-state index >= 15 is 0 Å². The summed E-state index contributed by atoms with van der Waals surface area (Å²) in [6.45, 7) is 6.46. The number of nitrogens with zero attached hydrogens (tertiary/aromatic N) is 3. The second-order valence-electron chi connectivity index (χ2n) is 4.82. The highest BCUT2D eigenvalue weighted by Gasteiger charge is 2.22. The Bertz CT molecular complexity index is 310. The van der Waals surface area contributed by atoms with Crippen LogP contribution >= 0.6 is 27.5 Å². The van der Waals surface area contributed by atoms with Crippen LogP contribution in [0.4, 0.5) is 0 Å². The molecule has 1 unspecified atom stereocenters. The highest BCUT2D eigenvalue weighted by atomic mass is 79.9. The Morgan fingerprint density at radius 2 is 2.07 bits per heavy atom. The van der Waals surface area contributed by atoms with Gasteiger partial charge in [-0.3, -0.25) is 4.68 Å². The summed E-state index contributed by atoms with van der Waals surface area (Å²) in [6.07, 6.45) is 1.83. The van der Waals surface area contributed by atoms with E-state index in [0.717, 1.165) is 23.1 Å². The molecule has 1 heterocycles. The molecule has 86 valence electrons. The normalized spacial score (nSPS) is 14.3. The molecule has 15 heavy (non-hydrogen) atoms. The van der Waals surface area contributed by atoms with Crippen molar-refractivity contribution in [3.8, 4) is 0 Å². The van der Waals surface area contributed by atoms with E-state index < -0.39 is 0 Å². The molecule has 0 aliphatic carbocycles. The summed E-state index contributed by atoms with van der Waals surface area (Å²) in [7, 11) is 1.90. The average Bonchev–Trinajstić information content (AvgIpc) is 2.41. The monoisotopic (exact) mass is 293 g/mol. The molecule has 0 bridgehead atoms. The maximum Gasteiger partial charge on any atom is 0.151 e. The van der Waals surface area contributed by atoms with Crippen molar-refractivity contribution in [3.05, 3.63) is 10.3 Å². The molecule has 0 aliphatic rings. The number of hydrogen-bond donors (Lipinski definition) is 0. The lowest BCUT2D eigenvalue weighted by atomic mass is 9.89. The fraction of sp³-hybridized carbons (Fsp3) is 0.800. The third-order valence-corrected chi connectivity index (χ3v) is 3.96. The topological polar surface area (TPSA) is 30.7 Å². The van der Waals surface area contributed by atoms with Crippen LogP contribution in [-0.2, 0) is 13.5 Å². The van der Waals surface area contributed by atoms with Crippen LogP contribution < -0.4 is 0 Å². The molecule has 0 spiro atoms. The summed E-state index contributed by atoms with van der Waals surface area (Å²) in [6, 6.07) is 0. The second kappa shape index (κ2) is 4.83. The molecule has 1 aromatic heterocycles. The van der Waals surface area contributed by atoms with E-state index in [2.05, 4.69) is 47.0 Å². The van der Waals surface area contributed by atoms with Crippen molar-refractivity contribution < 1.29 is 0 Å². The van der Waals surface area contributed by atoms with Crippen LogP contribution in [0.25, 0.3) is 0 Å². The molecule has 3 nitrogen and oxygen atoms in total. The molecular weight excluding hydrogens is 277 g/mol. The van der Waals surface area contributed by atoms with Crippen LogP contribution in [0, 0.1) is 5.41 Å². The summed E-state index contributed by atoms with van der Waals surface area (Å²) in [5, 5.41) is 8.04. The number of rotatable bonds is 3. The zero-order chi connectivity index (χ0) is 11.6. The zero-order valence-corrected chi connectivity index (χ0v) is 11.9. The molecule has 0 aromatic carbocycles. The second-order valence-corrected chi connectivity index (χ2v) is 6.10. The Morgan fingerprint density at radius 3 is 2.47 bits per heavy atom. The average molecular weight is 295 g/mol. The van der Waals surface area contributed by atoms with Crippen LogP contribution in [0.5, 0.6) is 0 Å².